The molecule has 0 aliphatic heterocycles. The van der Waals surface area contributed by atoms with Crippen molar-refractivity contribution in [3.05, 3.63) is 34.7 Å². The van der Waals surface area contributed by atoms with Crippen molar-refractivity contribution in [1.82, 2.24) is 15.4 Å². The average Bonchev–Trinajstić information content (AvgIpc) is 2.70. The Hall–Kier alpha value is -1.95. The van der Waals surface area contributed by atoms with Gasteiger partial charge in [-0.05, 0) is 18.2 Å². The molecule has 0 unspecified atom stereocenters. The van der Waals surface area contributed by atoms with Crippen LogP contribution in [-0.2, 0) is 0 Å². The molecule has 2 aromatic rings. The van der Waals surface area contributed by atoms with Gasteiger partial charge in [-0.1, -0.05) is 11.6 Å². The summed E-state index contributed by atoms with van der Waals surface area (Å²) in [6.45, 7) is 0. The number of H-pyrrole nitrogens is 1. The molecule has 2 rings (SSSR count). The Kier molecular flexibility index (Phi) is 2.57. The van der Waals surface area contributed by atoms with Crippen LogP contribution in [0.5, 0.6) is 0 Å². The van der Waals surface area contributed by atoms with Crippen molar-refractivity contribution in [1.29, 1.82) is 0 Å². The molecule has 0 aliphatic carbocycles. The van der Waals surface area contributed by atoms with Gasteiger partial charge in [-0.3, -0.25) is 0 Å². The number of aromatic carboxylic acids is 1. The first-order chi connectivity index (χ1) is 7.59. The Bertz CT molecular complexity index is 555. The molecule has 1 heterocycles. The molecular weight excluding hydrogens is 237 g/mol. The summed E-state index contributed by atoms with van der Waals surface area (Å²) in [5.41, 5.74) is -0.0997. The zero-order valence-electron chi connectivity index (χ0n) is 7.74. The van der Waals surface area contributed by atoms with E-state index in [1.54, 1.807) is 0 Å². The molecule has 5 nitrogen and oxygen atoms in total. The number of hydrogen-bond acceptors (Lipinski definition) is 3. The number of benzene rings is 1. The molecule has 7 heteroatoms. The summed E-state index contributed by atoms with van der Waals surface area (Å²) in [6.07, 6.45) is 0. The highest BCUT2D eigenvalue weighted by molar-refractivity contribution is 6.33. The molecule has 82 valence electrons. The molecule has 0 aliphatic rings. The van der Waals surface area contributed by atoms with Gasteiger partial charge in [0.2, 0.25) is 0 Å². The number of nitrogens with one attached hydrogen (secondary N) is 1. The van der Waals surface area contributed by atoms with Crippen LogP contribution in [0.1, 0.15) is 10.5 Å². The van der Waals surface area contributed by atoms with E-state index in [-0.39, 0.29) is 22.0 Å². The van der Waals surface area contributed by atoms with E-state index >= 15 is 0 Å². The van der Waals surface area contributed by atoms with Crippen molar-refractivity contribution >= 4 is 17.6 Å². The van der Waals surface area contributed by atoms with Crippen molar-refractivity contribution in [2.24, 2.45) is 0 Å². The topological polar surface area (TPSA) is 78.9 Å². The second-order valence-corrected chi connectivity index (χ2v) is 3.36. The standard InChI is InChI=1S/C9H5ClFN3O2/c10-6-2-1-4(11)3-5(6)7-8(9(15)16)13-14-12-7/h1-3H,(H,15,16)(H,12,13,14). The van der Waals surface area contributed by atoms with Crippen LogP contribution in [0.25, 0.3) is 11.3 Å². The van der Waals surface area contributed by atoms with Gasteiger partial charge in [0.15, 0.2) is 5.69 Å². The van der Waals surface area contributed by atoms with E-state index in [4.69, 9.17) is 16.7 Å². The summed E-state index contributed by atoms with van der Waals surface area (Å²) in [4.78, 5) is 10.8. The fourth-order valence-corrected chi connectivity index (χ4v) is 1.45. The number of hydrogen-bond donors (Lipinski definition) is 2. The Morgan fingerprint density at radius 2 is 2.19 bits per heavy atom. The summed E-state index contributed by atoms with van der Waals surface area (Å²) in [5, 5.41) is 18.3. The normalized spacial score (nSPS) is 10.4. The van der Waals surface area contributed by atoms with Gasteiger partial charge in [-0.25, -0.2) is 9.18 Å². The van der Waals surface area contributed by atoms with Crippen LogP contribution in [0.2, 0.25) is 5.02 Å². The number of carboxylic acid groups (broad SMARTS) is 1. The number of nitrogens with zero attached hydrogens (tertiary/aromatic N) is 2. The van der Waals surface area contributed by atoms with Gasteiger partial charge in [0, 0.05) is 5.56 Å². The van der Waals surface area contributed by atoms with Gasteiger partial charge < -0.3 is 5.11 Å². The number of aromatic nitrogens is 3. The highest BCUT2D eigenvalue weighted by atomic mass is 35.5. The molecule has 1 aromatic carbocycles. The molecule has 2 N–H and O–H groups in total. The van der Waals surface area contributed by atoms with Crippen molar-refractivity contribution < 1.29 is 14.3 Å². The minimum atomic E-state index is -1.26. The lowest BCUT2D eigenvalue weighted by molar-refractivity contribution is 0.0691. The molecule has 0 atom stereocenters. The van der Waals surface area contributed by atoms with E-state index in [9.17, 15) is 9.18 Å². The first-order valence-electron chi connectivity index (χ1n) is 4.19. The number of aromatic amines is 1. The maximum Gasteiger partial charge on any atom is 0.358 e. The van der Waals surface area contributed by atoms with Crippen molar-refractivity contribution in [3.8, 4) is 11.3 Å². The first kappa shape index (κ1) is 10.6. The minimum Gasteiger partial charge on any atom is -0.476 e. The highest BCUT2D eigenvalue weighted by Crippen LogP contribution is 2.28. The lowest BCUT2D eigenvalue weighted by Gasteiger charge is -2.00. The summed E-state index contributed by atoms with van der Waals surface area (Å²) in [5.74, 6) is -1.79. The monoisotopic (exact) mass is 241 g/mol. The summed E-state index contributed by atoms with van der Waals surface area (Å²) >= 11 is 5.82. The van der Waals surface area contributed by atoms with Gasteiger partial charge in [0.1, 0.15) is 11.5 Å². The molecule has 0 saturated heterocycles. The van der Waals surface area contributed by atoms with Crippen LogP contribution in [0, 0.1) is 5.82 Å². The van der Waals surface area contributed by atoms with Gasteiger partial charge >= 0.3 is 5.97 Å². The third kappa shape index (κ3) is 1.74. The van der Waals surface area contributed by atoms with Crippen LogP contribution >= 0.6 is 11.6 Å². The lowest BCUT2D eigenvalue weighted by Crippen LogP contribution is -1.99. The highest BCUT2D eigenvalue weighted by Gasteiger charge is 2.19. The summed E-state index contributed by atoms with van der Waals surface area (Å²) in [7, 11) is 0. The molecule has 0 fully saturated rings. The van der Waals surface area contributed by atoms with Crippen LogP contribution in [0.4, 0.5) is 4.39 Å². The van der Waals surface area contributed by atoms with E-state index < -0.39 is 11.8 Å². The smallest absolute Gasteiger partial charge is 0.358 e. The molecule has 1 aromatic heterocycles. The van der Waals surface area contributed by atoms with E-state index in [1.807, 2.05) is 0 Å². The van der Waals surface area contributed by atoms with E-state index in [0.717, 1.165) is 6.07 Å². The molecule has 0 spiro atoms. The zero-order valence-corrected chi connectivity index (χ0v) is 8.49. The molecule has 0 saturated carbocycles. The quantitative estimate of drug-likeness (QED) is 0.842. The number of carbonyl (C=O) groups is 1. The van der Waals surface area contributed by atoms with Gasteiger partial charge in [-0.2, -0.15) is 10.3 Å². The number of halogens is 2. The van der Waals surface area contributed by atoms with Crippen LogP contribution in [0.3, 0.4) is 0 Å². The largest absolute Gasteiger partial charge is 0.476 e. The fraction of sp³-hybridized carbons (Fsp3) is 0. The molecular formula is C9H5ClFN3O2. The lowest BCUT2D eigenvalue weighted by atomic mass is 10.1. The van der Waals surface area contributed by atoms with Crippen molar-refractivity contribution in [2.45, 2.75) is 0 Å². The predicted octanol–water partition coefficient (Wildman–Crippen LogP) is 1.96. The number of carboxylic acids is 1. The van der Waals surface area contributed by atoms with Crippen molar-refractivity contribution in [3.63, 3.8) is 0 Å². The van der Waals surface area contributed by atoms with Crippen LogP contribution < -0.4 is 0 Å². The maximum absolute atomic E-state index is 13.0. The molecule has 0 amide bonds. The van der Waals surface area contributed by atoms with E-state index in [2.05, 4.69) is 15.4 Å². The maximum atomic E-state index is 13.0. The predicted molar refractivity (Wildman–Crippen MR) is 53.7 cm³/mol. The second-order valence-electron chi connectivity index (χ2n) is 2.95. The van der Waals surface area contributed by atoms with Crippen LogP contribution in [-0.4, -0.2) is 26.5 Å². The summed E-state index contributed by atoms with van der Waals surface area (Å²) < 4.78 is 13.0. The average molecular weight is 242 g/mol. The Morgan fingerprint density at radius 3 is 2.88 bits per heavy atom. The Morgan fingerprint density at radius 1 is 1.44 bits per heavy atom. The molecule has 16 heavy (non-hydrogen) atoms. The van der Waals surface area contributed by atoms with E-state index in [0.29, 0.717) is 0 Å². The molecule has 0 bridgehead atoms. The second kappa shape index (κ2) is 3.90. The van der Waals surface area contributed by atoms with Gasteiger partial charge in [-0.15, -0.1) is 5.10 Å². The number of rotatable bonds is 2. The van der Waals surface area contributed by atoms with Gasteiger partial charge in [0.25, 0.3) is 0 Å². The summed E-state index contributed by atoms with van der Waals surface area (Å²) in [6, 6.07) is 3.60. The first-order valence-corrected chi connectivity index (χ1v) is 4.57. The van der Waals surface area contributed by atoms with Crippen LogP contribution in [0.15, 0.2) is 18.2 Å². The van der Waals surface area contributed by atoms with Crippen molar-refractivity contribution in [2.75, 3.05) is 0 Å². The molecule has 0 radical (unpaired) electrons. The fourth-order valence-electron chi connectivity index (χ4n) is 1.25. The Balaban J connectivity index is 2.62. The third-order valence-electron chi connectivity index (χ3n) is 1.93. The SMILES string of the molecule is O=C(O)c1n[nH]nc1-c1cc(F)ccc1Cl. The Labute approximate surface area is 93.9 Å². The third-order valence-corrected chi connectivity index (χ3v) is 2.26. The van der Waals surface area contributed by atoms with Gasteiger partial charge in [0.05, 0.1) is 5.02 Å². The van der Waals surface area contributed by atoms with E-state index in [1.165, 1.54) is 12.1 Å². The zero-order chi connectivity index (χ0) is 11.7. The minimum absolute atomic E-state index is 0.0111.